The minimum absolute atomic E-state index is 0.682. The number of nitrogens with one attached hydrogen (secondary N) is 1. The fourth-order valence-electron chi connectivity index (χ4n) is 9.83. The van der Waals surface area contributed by atoms with Gasteiger partial charge < -0.3 is 11.1 Å². The molecule has 8 unspecified atom stereocenters. The zero-order valence-corrected chi connectivity index (χ0v) is 23.3. The van der Waals surface area contributed by atoms with Crippen LogP contribution in [0.3, 0.4) is 0 Å². The maximum absolute atomic E-state index is 6.17. The molecule has 6 rings (SSSR count). The highest BCUT2D eigenvalue weighted by Crippen LogP contribution is 2.55. The van der Waals surface area contributed by atoms with E-state index in [-0.39, 0.29) is 0 Å². The van der Waals surface area contributed by atoms with Crippen molar-refractivity contribution in [1.29, 1.82) is 0 Å². The number of fused-ring (bicyclic) bond motifs is 2. The first-order valence-corrected chi connectivity index (χ1v) is 16.2. The van der Waals surface area contributed by atoms with Crippen LogP contribution in [0.15, 0.2) is 59.5 Å². The third-order valence-corrected chi connectivity index (χ3v) is 11.6. The smallest absolute Gasteiger partial charge is 0.0179 e. The zero-order valence-electron chi connectivity index (χ0n) is 23.3. The fourth-order valence-corrected chi connectivity index (χ4v) is 9.83. The second kappa shape index (κ2) is 12.0. The molecule has 5 aliphatic carbocycles. The van der Waals surface area contributed by atoms with Gasteiger partial charge in [-0.25, -0.2) is 0 Å². The molecule has 8 atom stereocenters. The van der Waals surface area contributed by atoms with E-state index in [1.807, 2.05) is 11.8 Å². The van der Waals surface area contributed by atoms with E-state index in [0.29, 0.717) is 5.92 Å². The Balaban J connectivity index is 1.09. The Kier molecular flexibility index (Phi) is 8.29. The molecule has 37 heavy (non-hydrogen) atoms. The van der Waals surface area contributed by atoms with Crippen LogP contribution in [0, 0.1) is 47.3 Å². The van der Waals surface area contributed by atoms with Crippen LogP contribution >= 0.6 is 0 Å². The highest BCUT2D eigenvalue weighted by atomic mass is 14.8. The van der Waals surface area contributed by atoms with Crippen LogP contribution in [0.4, 0.5) is 0 Å². The molecule has 1 aliphatic heterocycles. The van der Waals surface area contributed by atoms with Crippen molar-refractivity contribution in [2.24, 2.45) is 53.1 Å². The summed E-state index contributed by atoms with van der Waals surface area (Å²) < 4.78 is 0. The highest BCUT2D eigenvalue weighted by molar-refractivity contribution is 5.21. The lowest BCUT2D eigenvalue weighted by molar-refractivity contribution is 0.0227. The van der Waals surface area contributed by atoms with Gasteiger partial charge >= 0.3 is 0 Å². The quantitative estimate of drug-likeness (QED) is 0.343. The minimum atomic E-state index is 0.682. The van der Waals surface area contributed by atoms with Gasteiger partial charge in [-0.15, -0.1) is 0 Å². The van der Waals surface area contributed by atoms with Gasteiger partial charge in [0.15, 0.2) is 0 Å². The largest absolute Gasteiger partial charge is 0.405 e. The van der Waals surface area contributed by atoms with Gasteiger partial charge in [-0.05, 0) is 156 Å². The van der Waals surface area contributed by atoms with Crippen molar-refractivity contribution in [3.63, 3.8) is 0 Å². The van der Waals surface area contributed by atoms with Gasteiger partial charge in [-0.2, -0.15) is 0 Å². The predicted octanol–water partition coefficient (Wildman–Crippen LogP) is 8.59. The lowest BCUT2D eigenvalue weighted by Crippen LogP contribution is -2.43. The number of rotatable bonds is 7. The molecule has 6 aliphatic rings. The Morgan fingerprint density at radius 2 is 1.78 bits per heavy atom. The third kappa shape index (κ3) is 5.55. The average molecular weight is 501 g/mol. The van der Waals surface area contributed by atoms with Gasteiger partial charge in [0.25, 0.3) is 0 Å². The van der Waals surface area contributed by atoms with Crippen molar-refractivity contribution in [2.75, 3.05) is 6.54 Å². The Bertz CT molecular complexity index is 935. The number of hydrogen-bond donors (Lipinski definition) is 2. The van der Waals surface area contributed by atoms with E-state index in [1.54, 1.807) is 5.57 Å². The van der Waals surface area contributed by atoms with Gasteiger partial charge in [0.2, 0.25) is 0 Å². The molecule has 0 aromatic rings. The van der Waals surface area contributed by atoms with Crippen molar-refractivity contribution in [1.82, 2.24) is 5.32 Å². The maximum atomic E-state index is 6.17. The molecule has 2 fully saturated rings. The summed E-state index contributed by atoms with van der Waals surface area (Å²) in [5.74, 6) is 7.10. The summed E-state index contributed by atoms with van der Waals surface area (Å²) in [6.07, 6.45) is 39.0. The van der Waals surface area contributed by atoms with Gasteiger partial charge in [0.1, 0.15) is 0 Å². The summed E-state index contributed by atoms with van der Waals surface area (Å²) in [5, 5.41) is 3.36. The van der Waals surface area contributed by atoms with Gasteiger partial charge in [0, 0.05) is 6.54 Å². The molecule has 0 amide bonds. The lowest BCUT2D eigenvalue weighted by Gasteiger charge is -2.52. The Labute approximate surface area is 227 Å². The Morgan fingerprint density at radius 1 is 0.892 bits per heavy atom. The summed E-state index contributed by atoms with van der Waals surface area (Å²) in [6.45, 7) is 1.13. The standard InChI is InChI=1S/C35H52N2/c36-23-29(10-5-7-25-21-22-37-24-25)26-15-17-28(18-16-26)31-19-20-35(34-13-4-3-12-32(31)34)33-14-6-9-27-8-1-2-11-30(27)33/h1,4,8,13,17,23-24,26-27,30-35,37H,2-3,5-7,9-12,14-16,18-22,36H2/b29-23+. The van der Waals surface area contributed by atoms with Crippen LogP contribution in [-0.2, 0) is 0 Å². The molecule has 0 radical (unpaired) electrons. The molecule has 2 saturated carbocycles. The summed E-state index contributed by atoms with van der Waals surface area (Å²) in [4.78, 5) is 0. The van der Waals surface area contributed by atoms with E-state index in [4.69, 9.17) is 5.73 Å². The van der Waals surface area contributed by atoms with Crippen molar-refractivity contribution in [3.05, 3.63) is 59.5 Å². The molecule has 0 bridgehead atoms. The van der Waals surface area contributed by atoms with Crippen LogP contribution in [-0.4, -0.2) is 6.54 Å². The van der Waals surface area contributed by atoms with Crippen molar-refractivity contribution < 1.29 is 0 Å². The lowest BCUT2D eigenvalue weighted by atomic mass is 9.53. The zero-order chi connectivity index (χ0) is 25.0. The van der Waals surface area contributed by atoms with Crippen LogP contribution < -0.4 is 11.1 Å². The van der Waals surface area contributed by atoms with E-state index in [0.717, 1.165) is 48.0 Å². The first-order chi connectivity index (χ1) is 18.3. The second-order valence-electron chi connectivity index (χ2n) is 13.4. The van der Waals surface area contributed by atoms with Crippen molar-refractivity contribution in [2.45, 2.75) is 103 Å². The van der Waals surface area contributed by atoms with Gasteiger partial charge in [-0.3, -0.25) is 0 Å². The number of nitrogens with two attached hydrogens (primary N) is 1. The first-order valence-electron chi connectivity index (χ1n) is 16.2. The molecule has 0 spiro atoms. The molecule has 1 heterocycles. The Hall–Kier alpha value is -1.70. The minimum Gasteiger partial charge on any atom is -0.405 e. The summed E-state index contributed by atoms with van der Waals surface area (Å²) in [5.41, 5.74) is 11.1. The van der Waals surface area contributed by atoms with Crippen LogP contribution in [0.1, 0.15) is 103 Å². The number of allylic oxidation sites excluding steroid dienone is 7. The van der Waals surface area contributed by atoms with Gasteiger partial charge in [0.05, 0.1) is 0 Å². The SMILES string of the molecule is N/C=C(\CCCC1=CNCC1)C1CC=C(C2CCC(C3CCCC4C=CCCC43)C3C=CCCC23)CC1. The monoisotopic (exact) mass is 500 g/mol. The van der Waals surface area contributed by atoms with E-state index in [2.05, 4.69) is 41.9 Å². The van der Waals surface area contributed by atoms with E-state index >= 15 is 0 Å². The molecule has 2 nitrogen and oxygen atoms in total. The Morgan fingerprint density at radius 3 is 2.59 bits per heavy atom. The number of hydrogen-bond acceptors (Lipinski definition) is 2. The molecule has 0 aromatic carbocycles. The van der Waals surface area contributed by atoms with E-state index in [1.165, 1.54) is 108 Å². The normalized spacial score (nSPS) is 39.8. The molecule has 0 aromatic heterocycles. The van der Waals surface area contributed by atoms with Crippen LogP contribution in [0.2, 0.25) is 0 Å². The molecular weight excluding hydrogens is 448 g/mol. The van der Waals surface area contributed by atoms with Crippen LogP contribution in [0.5, 0.6) is 0 Å². The summed E-state index contributed by atoms with van der Waals surface area (Å²) in [7, 11) is 0. The predicted molar refractivity (Wildman–Crippen MR) is 157 cm³/mol. The summed E-state index contributed by atoms with van der Waals surface area (Å²) >= 11 is 0. The molecule has 202 valence electrons. The maximum Gasteiger partial charge on any atom is 0.0179 e. The third-order valence-electron chi connectivity index (χ3n) is 11.6. The van der Waals surface area contributed by atoms with E-state index < -0.39 is 0 Å². The highest BCUT2D eigenvalue weighted by Gasteiger charge is 2.46. The average Bonchev–Trinajstić information content (AvgIpc) is 3.48. The molecule has 3 N–H and O–H groups in total. The summed E-state index contributed by atoms with van der Waals surface area (Å²) in [6, 6.07) is 0. The topological polar surface area (TPSA) is 38.0 Å². The fraction of sp³-hybridized carbons (Fsp3) is 0.714. The van der Waals surface area contributed by atoms with Crippen molar-refractivity contribution in [3.8, 4) is 0 Å². The molecule has 2 heteroatoms. The molecule has 0 saturated heterocycles. The van der Waals surface area contributed by atoms with Crippen LogP contribution in [0.25, 0.3) is 0 Å². The van der Waals surface area contributed by atoms with Gasteiger partial charge in [-0.1, -0.05) is 53.5 Å². The molecular formula is C35H52N2. The second-order valence-corrected chi connectivity index (χ2v) is 13.4. The van der Waals surface area contributed by atoms with E-state index in [9.17, 15) is 0 Å². The van der Waals surface area contributed by atoms with Crippen molar-refractivity contribution >= 4 is 0 Å². The first kappa shape index (κ1) is 25.6.